The number of benzene rings is 1. The molecule has 0 heterocycles. The summed E-state index contributed by atoms with van der Waals surface area (Å²) in [5.41, 5.74) is 4.40. The fourth-order valence-electron chi connectivity index (χ4n) is 1.20. The molecule has 0 fully saturated rings. The molecule has 3 N–H and O–H groups in total. The first-order valence-corrected chi connectivity index (χ1v) is 5.16. The number of anilines is 1. The molecule has 0 saturated carbocycles. The second-order valence-corrected chi connectivity index (χ2v) is 3.31. The Morgan fingerprint density at radius 1 is 1.41 bits per heavy atom. The Morgan fingerprint density at radius 3 is 2.53 bits per heavy atom. The molecule has 1 amide bonds. The van der Waals surface area contributed by atoms with E-state index in [9.17, 15) is 13.6 Å². The first kappa shape index (κ1) is 13.4. The molecule has 4 nitrogen and oxygen atoms in total. The number of rotatable bonds is 5. The highest BCUT2D eigenvalue weighted by Crippen LogP contribution is 2.16. The predicted molar refractivity (Wildman–Crippen MR) is 59.6 cm³/mol. The minimum absolute atomic E-state index is 0.106. The summed E-state index contributed by atoms with van der Waals surface area (Å²) in [5, 5.41) is 2.47. The van der Waals surface area contributed by atoms with Crippen LogP contribution >= 0.6 is 0 Å². The minimum Gasteiger partial charge on any atom is -0.394 e. The van der Waals surface area contributed by atoms with Gasteiger partial charge in [-0.25, -0.2) is 8.78 Å². The molecular weight excluding hydrogens is 230 g/mol. The average molecular weight is 244 g/mol. The van der Waals surface area contributed by atoms with E-state index >= 15 is 0 Å². The summed E-state index contributed by atoms with van der Waals surface area (Å²) in [4.78, 5) is 11.5. The Bertz CT molecular complexity index is 387. The van der Waals surface area contributed by atoms with E-state index in [4.69, 9.17) is 10.5 Å². The highest BCUT2D eigenvalue weighted by molar-refractivity contribution is 5.94. The molecule has 1 aromatic carbocycles. The molecule has 0 atom stereocenters. The van der Waals surface area contributed by atoms with Gasteiger partial charge in [0.2, 0.25) is 0 Å². The van der Waals surface area contributed by atoms with Crippen molar-refractivity contribution in [1.82, 2.24) is 5.32 Å². The lowest BCUT2D eigenvalue weighted by atomic mass is 10.1. The van der Waals surface area contributed by atoms with Gasteiger partial charge in [0.15, 0.2) is 0 Å². The number of carbonyl (C=O) groups is 1. The van der Waals surface area contributed by atoms with Crippen molar-refractivity contribution in [2.75, 3.05) is 25.5 Å². The van der Waals surface area contributed by atoms with Crippen LogP contribution in [0.4, 0.5) is 14.5 Å². The third-order valence-corrected chi connectivity index (χ3v) is 2.08. The zero-order valence-corrected chi connectivity index (χ0v) is 9.43. The SMILES string of the molecule is CCOCCNC(=O)c1cc(F)c(N)c(F)c1. The molecule has 0 bridgehead atoms. The first-order valence-electron chi connectivity index (χ1n) is 5.16. The van der Waals surface area contributed by atoms with Crippen LogP contribution in [0.3, 0.4) is 0 Å². The van der Waals surface area contributed by atoms with Gasteiger partial charge in [-0.05, 0) is 19.1 Å². The van der Waals surface area contributed by atoms with Gasteiger partial charge in [0, 0.05) is 18.7 Å². The van der Waals surface area contributed by atoms with Gasteiger partial charge in [-0.15, -0.1) is 0 Å². The topological polar surface area (TPSA) is 64.3 Å². The van der Waals surface area contributed by atoms with Crippen LogP contribution in [-0.2, 0) is 4.74 Å². The molecule has 94 valence electrons. The Kier molecular flexibility index (Phi) is 4.84. The number of hydrogen-bond donors (Lipinski definition) is 2. The van der Waals surface area contributed by atoms with Crippen LogP contribution in [0.5, 0.6) is 0 Å². The van der Waals surface area contributed by atoms with E-state index in [1.54, 1.807) is 0 Å². The summed E-state index contributed by atoms with van der Waals surface area (Å²) < 4.78 is 31.2. The molecular formula is C11H14F2N2O2. The number of amides is 1. The van der Waals surface area contributed by atoms with E-state index < -0.39 is 23.2 Å². The zero-order valence-electron chi connectivity index (χ0n) is 9.43. The van der Waals surface area contributed by atoms with Gasteiger partial charge in [0.1, 0.15) is 17.3 Å². The molecule has 0 aromatic heterocycles. The van der Waals surface area contributed by atoms with Gasteiger partial charge >= 0.3 is 0 Å². The second kappa shape index (κ2) is 6.15. The largest absolute Gasteiger partial charge is 0.394 e. The molecule has 0 aliphatic carbocycles. The van der Waals surface area contributed by atoms with Crippen LogP contribution in [0.25, 0.3) is 0 Å². The van der Waals surface area contributed by atoms with Gasteiger partial charge in [0.25, 0.3) is 5.91 Å². The van der Waals surface area contributed by atoms with Crippen LogP contribution in [0.1, 0.15) is 17.3 Å². The summed E-state index contributed by atoms with van der Waals surface area (Å²) in [7, 11) is 0. The lowest BCUT2D eigenvalue weighted by Crippen LogP contribution is -2.27. The smallest absolute Gasteiger partial charge is 0.251 e. The summed E-state index contributed by atoms with van der Waals surface area (Å²) in [6, 6.07) is 1.79. The molecule has 17 heavy (non-hydrogen) atoms. The number of nitrogens with one attached hydrogen (secondary N) is 1. The zero-order chi connectivity index (χ0) is 12.8. The summed E-state index contributed by atoms with van der Waals surface area (Å²) in [6.45, 7) is 3.00. The molecule has 1 rings (SSSR count). The lowest BCUT2D eigenvalue weighted by molar-refractivity contribution is 0.0922. The van der Waals surface area contributed by atoms with E-state index in [2.05, 4.69) is 5.32 Å². The van der Waals surface area contributed by atoms with Crippen molar-refractivity contribution in [3.05, 3.63) is 29.3 Å². The van der Waals surface area contributed by atoms with Crippen LogP contribution in [-0.4, -0.2) is 25.7 Å². The van der Waals surface area contributed by atoms with Crippen LogP contribution in [0, 0.1) is 11.6 Å². The van der Waals surface area contributed by atoms with Crippen molar-refractivity contribution >= 4 is 11.6 Å². The highest BCUT2D eigenvalue weighted by Gasteiger charge is 2.12. The molecule has 6 heteroatoms. The van der Waals surface area contributed by atoms with Crippen LogP contribution < -0.4 is 11.1 Å². The molecule has 0 unspecified atom stereocenters. The maximum absolute atomic E-state index is 13.1. The third-order valence-electron chi connectivity index (χ3n) is 2.08. The van der Waals surface area contributed by atoms with Gasteiger partial charge in [-0.2, -0.15) is 0 Å². The quantitative estimate of drug-likeness (QED) is 0.606. The van der Waals surface area contributed by atoms with E-state index in [1.165, 1.54) is 0 Å². The molecule has 0 spiro atoms. The fraction of sp³-hybridized carbons (Fsp3) is 0.364. The van der Waals surface area contributed by atoms with Crippen molar-refractivity contribution in [1.29, 1.82) is 0 Å². The molecule has 1 aromatic rings. The number of ether oxygens (including phenoxy) is 1. The molecule has 0 radical (unpaired) electrons. The van der Waals surface area contributed by atoms with Gasteiger partial charge < -0.3 is 15.8 Å². The predicted octanol–water partition coefficient (Wildman–Crippen LogP) is 1.31. The Morgan fingerprint density at radius 2 is 2.00 bits per heavy atom. The summed E-state index contributed by atoms with van der Waals surface area (Å²) >= 11 is 0. The van der Waals surface area contributed by atoms with Crippen molar-refractivity contribution in [2.24, 2.45) is 0 Å². The summed E-state index contributed by atoms with van der Waals surface area (Å²) in [5.74, 6) is -2.46. The van der Waals surface area contributed by atoms with Gasteiger partial charge in [-0.3, -0.25) is 4.79 Å². The molecule has 0 aliphatic rings. The number of hydrogen-bond acceptors (Lipinski definition) is 3. The summed E-state index contributed by atoms with van der Waals surface area (Å²) in [6.07, 6.45) is 0. The molecule has 0 aliphatic heterocycles. The maximum atomic E-state index is 13.1. The van der Waals surface area contributed by atoms with Crippen LogP contribution in [0.15, 0.2) is 12.1 Å². The minimum atomic E-state index is -0.944. The number of carbonyl (C=O) groups excluding carboxylic acids is 1. The second-order valence-electron chi connectivity index (χ2n) is 3.31. The number of halogens is 2. The number of nitrogen functional groups attached to an aromatic ring is 1. The fourth-order valence-corrected chi connectivity index (χ4v) is 1.20. The van der Waals surface area contributed by atoms with Crippen molar-refractivity contribution < 1.29 is 18.3 Å². The van der Waals surface area contributed by atoms with E-state index in [1.807, 2.05) is 6.92 Å². The van der Waals surface area contributed by atoms with E-state index in [0.29, 0.717) is 13.2 Å². The Hall–Kier alpha value is -1.69. The molecule has 0 saturated heterocycles. The Labute approximate surface area is 97.8 Å². The van der Waals surface area contributed by atoms with Crippen molar-refractivity contribution in [2.45, 2.75) is 6.92 Å². The lowest BCUT2D eigenvalue weighted by Gasteiger charge is -2.06. The van der Waals surface area contributed by atoms with E-state index in [0.717, 1.165) is 12.1 Å². The van der Waals surface area contributed by atoms with Gasteiger partial charge in [-0.1, -0.05) is 0 Å². The standard InChI is InChI=1S/C11H14F2N2O2/c1-2-17-4-3-15-11(16)7-5-8(12)10(14)9(13)6-7/h5-6H,2-4,14H2,1H3,(H,15,16). The monoisotopic (exact) mass is 244 g/mol. The third kappa shape index (κ3) is 3.67. The normalized spacial score (nSPS) is 10.3. The van der Waals surface area contributed by atoms with Crippen molar-refractivity contribution in [3.8, 4) is 0 Å². The van der Waals surface area contributed by atoms with Crippen LogP contribution in [0.2, 0.25) is 0 Å². The Balaban J connectivity index is 2.63. The van der Waals surface area contributed by atoms with Crippen molar-refractivity contribution in [3.63, 3.8) is 0 Å². The highest BCUT2D eigenvalue weighted by atomic mass is 19.1. The average Bonchev–Trinajstić information content (AvgIpc) is 2.30. The van der Waals surface area contributed by atoms with E-state index in [-0.39, 0.29) is 12.1 Å². The number of nitrogens with two attached hydrogens (primary N) is 1. The van der Waals surface area contributed by atoms with Gasteiger partial charge in [0.05, 0.1) is 6.61 Å². The maximum Gasteiger partial charge on any atom is 0.251 e. The first-order chi connectivity index (χ1) is 8.06.